The number of carboxylic acids is 1. The summed E-state index contributed by atoms with van der Waals surface area (Å²) in [6.45, 7) is 1.80. The number of carbonyl (C=O) groups excluding carboxylic acids is 1. The highest BCUT2D eigenvalue weighted by molar-refractivity contribution is 7.99. The molecule has 0 saturated carbocycles. The molecule has 0 bridgehead atoms. The number of amides is 1. The molecular weight excluding hydrogens is 254 g/mol. The van der Waals surface area contributed by atoms with Crippen LogP contribution in [0, 0.1) is 0 Å². The molecule has 0 aliphatic heterocycles. The largest absolute Gasteiger partial charge is 0.481 e. The zero-order valence-electron chi connectivity index (χ0n) is 10.5. The van der Waals surface area contributed by atoms with Crippen molar-refractivity contribution in [3.05, 3.63) is 17.8 Å². The van der Waals surface area contributed by atoms with Crippen molar-refractivity contribution >= 4 is 23.6 Å². The Morgan fingerprint density at radius 3 is 2.50 bits per heavy atom. The van der Waals surface area contributed by atoms with Crippen LogP contribution in [0.1, 0.15) is 23.8 Å². The molecule has 0 aliphatic carbocycles. The van der Waals surface area contributed by atoms with E-state index in [1.165, 1.54) is 16.7 Å². The van der Waals surface area contributed by atoms with E-state index >= 15 is 0 Å². The van der Waals surface area contributed by atoms with Gasteiger partial charge in [-0.25, -0.2) is 0 Å². The lowest BCUT2D eigenvalue weighted by Crippen LogP contribution is -2.23. The van der Waals surface area contributed by atoms with Gasteiger partial charge in [0.15, 0.2) is 5.69 Å². The number of nitrogens with zero attached hydrogens (tertiary/aromatic N) is 3. The Morgan fingerprint density at radius 2 is 2.06 bits per heavy atom. The molecule has 1 unspecified atom stereocenters. The van der Waals surface area contributed by atoms with E-state index in [1.807, 2.05) is 0 Å². The Labute approximate surface area is 109 Å². The van der Waals surface area contributed by atoms with Crippen molar-refractivity contribution in [1.82, 2.24) is 15.1 Å². The van der Waals surface area contributed by atoms with E-state index in [-0.39, 0.29) is 23.3 Å². The molecule has 0 spiro atoms. The molecule has 1 rings (SSSR count). The van der Waals surface area contributed by atoms with Crippen LogP contribution in [0.2, 0.25) is 0 Å². The molecule has 0 radical (unpaired) electrons. The molecule has 7 heteroatoms. The highest BCUT2D eigenvalue weighted by Gasteiger charge is 2.13. The molecule has 1 atom stereocenters. The van der Waals surface area contributed by atoms with Gasteiger partial charge in [0.05, 0.1) is 6.42 Å². The van der Waals surface area contributed by atoms with Crippen LogP contribution in [0.15, 0.2) is 17.2 Å². The van der Waals surface area contributed by atoms with Crippen molar-refractivity contribution in [2.45, 2.75) is 23.6 Å². The summed E-state index contributed by atoms with van der Waals surface area (Å²) in [5.74, 6) is -1.06. The first-order valence-electron chi connectivity index (χ1n) is 5.34. The van der Waals surface area contributed by atoms with Crippen molar-refractivity contribution in [3.63, 3.8) is 0 Å². The molecule has 98 valence electrons. The number of rotatable bonds is 5. The fraction of sp³-hybridized carbons (Fsp3) is 0.455. The lowest BCUT2D eigenvalue weighted by atomic mass is 10.3. The number of carboxylic acid groups (broad SMARTS) is 1. The van der Waals surface area contributed by atoms with E-state index in [0.29, 0.717) is 5.03 Å². The third-order valence-electron chi connectivity index (χ3n) is 2.05. The molecule has 1 aromatic heterocycles. The Kier molecular flexibility index (Phi) is 5.08. The maximum Gasteiger partial charge on any atom is 0.304 e. The first-order valence-corrected chi connectivity index (χ1v) is 6.22. The molecule has 0 aliphatic rings. The smallest absolute Gasteiger partial charge is 0.304 e. The summed E-state index contributed by atoms with van der Waals surface area (Å²) in [7, 11) is 3.28. The first-order chi connectivity index (χ1) is 8.40. The topological polar surface area (TPSA) is 83.4 Å². The molecule has 1 N–H and O–H groups in total. The van der Waals surface area contributed by atoms with Gasteiger partial charge in [-0.05, 0) is 12.1 Å². The van der Waals surface area contributed by atoms with Gasteiger partial charge in [0.1, 0.15) is 5.03 Å². The third-order valence-corrected chi connectivity index (χ3v) is 3.08. The van der Waals surface area contributed by atoms with Gasteiger partial charge in [-0.1, -0.05) is 6.92 Å². The van der Waals surface area contributed by atoms with Gasteiger partial charge in [0.2, 0.25) is 0 Å². The summed E-state index contributed by atoms with van der Waals surface area (Å²) >= 11 is 1.32. The minimum absolute atomic E-state index is 0.0602. The SMILES string of the molecule is CC(CC(=O)O)Sc1ccc(C(=O)N(C)C)nn1. The number of aromatic nitrogens is 2. The zero-order valence-corrected chi connectivity index (χ0v) is 11.3. The molecule has 1 aromatic rings. The van der Waals surface area contributed by atoms with Gasteiger partial charge >= 0.3 is 5.97 Å². The molecule has 1 heterocycles. The van der Waals surface area contributed by atoms with E-state index < -0.39 is 5.97 Å². The third kappa shape index (κ3) is 4.33. The molecule has 0 fully saturated rings. The summed E-state index contributed by atoms with van der Waals surface area (Å²) < 4.78 is 0. The van der Waals surface area contributed by atoms with Crippen LogP contribution in [0.5, 0.6) is 0 Å². The molecule has 18 heavy (non-hydrogen) atoms. The van der Waals surface area contributed by atoms with Crippen molar-refractivity contribution in [3.8, 4) is 0 Å². The Bertz CT molecular complexity index is 434. The first kappa shape index (κ1) is 14.4. The fourth-order valence-corrected chi connectivity index (χ4v) is 2.09. The second-order valence-electron chi connectivity index (χ2n) is 3.98. The molecule has 6 nitrogen and oxygen atoms in total. The summed E-state index contributed by atoms with van der Waals surface area (Å²) in [5.41, 5.74) is 0.273. The van der Waals surface area contributed by atoms with Gasteiger partial charge < -0.3 is 10.0 Å². The van der Waals surface area contributed by atoms with Crippen LogP contribution in [0.4, 0.5) is 0 Å². The van der Waals surface area contributed by atoms with Crippen molar-refractivity contribution < 1.29 is 14.7 Å². The quantitative estimate of drug-likeness (QED) is 0.807. The van der Waals surface area contributed by atoms with Gasteiger partial charge in [0, 0.05) is 19.3 Å². The maximum atomic E-state index is 11.6. The standard InChI is InChI=1S/C11H15N3O3S/c1-7(6-10(15)16)18-9-5-4-8(12-13-9)11(17)14(2)3/h4-5,7H,6H2,1-3H3,(H,15,16). The monoisotopic (exact) mass is 269 g/mol. The summed E-state index contributed by atoms with van der Waals surface area (Å²) in [6, 6.07) is 3.26. The average Bonchev–Trinajstić information content (AvgIpc) is 2.27. The Morgan fingerprint density at radius 1 is 1.39 bits per heavy atom. The Balaban J connectivity index is 2.66. The van der Waals surface area contributed by atoms with Gasteiger partial charge in [-0.3, -0.25) is 9.59 Å². The van der Waals surface area contributed by atoms with Crippen LogP contribution in [-0.4, -0.2) is 51.4 Å². The Hall–Kier alpha value is -1.63. The molecule has 0 aromatic carbocycles. The molecular formula is C11H15N3O3S. The van der Waals surface area contributed by atoms with E-state index in [2.05, 4.69) is 10.2 Å². The van der Waals surface area contributed by atoms with E-state index in [9.17, 15) is 9.59 Å². The van der Waals surface area contributed by atoms with Gasteiger partial charge in [0.25, 0.3) is 5.91 Å². The van der Waals surface area contributed by atoms with Crippen molar-refractivity contribution in [2.75, 3.05) is 14.1 Å². The second kappa shape index (κ2) is 6.34. The summed E-state index contributed by atoms with van der Waals surface area (Å²) in [6.07, 6.45) is 0.0602. The predicted octanol–water partition coefficient (Wildman–Crippen LogP) is 1.13. The molecule has 1 amide bonds. The van der Waals surface area contributed by atoms with E-state index in [0.717, 1.165) is 0 Å². The minimum Gasteiger partial charge on any atom is -0.481 e. The van der Waals surface area contributed by atoms with E-state index in [4.69, 9.17) is 5.11 Å². The van der Waals surface area contributed by atoms with Gasteiger partial charge in [-0.15, -0.1) is 22.0 Å². The average molecular weight is 269 g/mol. The van der Waals surface area contributed by atoms with Crippen LogP contribution >= 0.6 is 11.8 Å². The number of carbonyl (C=O) groups is 2. The number of thioether (sulfide) groups is 1. The van der Waals surface area contributed by atoms with Crippen LogP contribution < -0.4 is 0 Å². The summed E-state index contributed by atoms with van der Waals surface area (Å²) in [5, 5.41) is 16.9. The highest BCUT2D eigenvalue weighted by atomic mass is 32.2. The van der Waals surface area contributed by atoms with Crippen LogP contribution in [0.25, 0.3) is 0 Å². The summed E-state index contributed by atoms with van der Waals surface area (Å²) in [4.78, 5) is 23.5. The van der Waals surface area contributed by atoms with E-state index in [1.54, 1.807) is 33.2 Å². The second-order valence-corrected chi connectivity index (χ2v) is 5.44. The minimum atomic E-state index is -0.845. The number of hydrogen-bond donors (Lipinski definition) is 1. The number of aliphatic carboxylic acids is 1. The van der Waals surface area contributed by atoms with Crippen molar-refractivity contribution in [1.29, 1.82) is 0 Å². The number of hydrogen-bond acceptors (Lipinski definition) is 5. The van der Waals surface area contributed by atoms with Gasteiger partial charge in [-0.2, -0.15) is 0 Å². The zero-order chi connectivity index (χ0) is 13.7. The predicted molar refractivity (Wildman–Crippen MR) is 67.6 cm³/mol. The fourth-order valence-electron chi connectivity index (χ4n) is 1.22. The lowest BCUT2D eigenvalue weighted by Gasteiger charge is -2.10. The molecule has 0 saturated heterocycles. The van der Waals surface area contributed by atoms with Crippen LogP contribution in [0.3, 0.4) is 0 Å². The lowest BCUT2D eigenvalue weighted by molar-refractivity contribution is -0.136. The van der Waals surface area contributed by atoms with Crippen LogP contribution in [-0.2, 0) is 4.79 Å². The van der Waals surface area contributed by atoms with Crippen molar-refractivity contribution in [2.24, 2.45) is 0 Å². The highest BCUT2D eigenvalue weighted by Crippen LogP contribution is 2.22. The normalized spacial score (nSPS) is 11.9. The maximum absolute atomic E-state index is 11.6.